The summed E-state index contributed by atoms with van der Waals surface area (Å²) in [6, 6.07) is 4.20. The van der Waals surface area contributed by atoms with Crippen molar-refractivity contribution in [3.63, 3.8) is 0 Å². The fourth-order valence-corrected chi connectivity index (χ4v) is 4.58. The summed E-state index contributed by atoms with van der Waals surface area (Å²) in [6.45, 7) is -0.0832. The van der Waals surface area contributed by atoms with Gasteiger partial charge in [0.1, 0.15) is 23.5 Å². The average molecular weight is 534 g/mol. The number of halogens is 2. The highest BCUT2D eigenvalue weighted by atomic mass is 32.2. The van der Waals surface area contributed by atoms with Gasteiger partial charge in [-0.05, 0) is 29.3 Å². The van der Waals surface area contributed by atoms with Gasteiger partial charge in [-0.25, -0.2) is 36.9 Å². The summed E-state index contributed by atoms with van der Waals surface area (Å²) in [7, 11) is -3.47. The van der Waals surface area contributed by atoms with Gasteiger partial charge in [0, 0.05) is 36.3 Å². The van der Waals surface area contributed by atoms with Gasteiger partial charge in [0.25, 0.3) is 0 Å². The van der Waals surface area contributed by atoms with Crippen LogP contribution >= 0.6 is 0 Å². The molecule has 0 fully saturated rings. The highest BCUT2D eigenvalue weighted by Gasteiger charge is 2.21. The normalized spacial score (nSPS) is 12.0. The molecule has 38 heavy (non-hydrogen) atoms. The average Bonchev–Trinajstić information content (AvgIpc) is 3.52. The lowest BCUT2D eigenvalue weighted by Crippen LogP contribution is -2.21. The van der Waals surface area contributed by atoms with Crippen molar-refractivity contribution in [1.29, 1.82) is 0 Å². The Bertz CT molecular complexity index is 1940. The second kappa shape index (κ2) is 9.00. The standard InChI is InChI=1S/C24H17F2N9O2S/c1-38(36,37)31-5-12-2-13(4-15(25)3-12)16-8-27-9-18-22(16)33-24(32-18)23-19-17(34-35-23)10-30-21(20(19)26)14-6-28-11-29-7-14/h2-4,6-11,31H,5H2,1H3,(H,32,33)(H,34,35). The fourth-order valence-electron chi connectivity index (χ4n) is 4.15. The Morgan fingerprint density at radius 2 is 1.74 bits per heavy atom. The highest BCUT2D eigenvalue weighted by Crippen LogP contribution is 2.34. The molecule has 6 rings (SSSR count). The molecule has 5 aromatic heterocycles. The zero-order valence-electron chi connectivity index (χ0n) is 19.6. The molecule has 0 amide bonds. The Kier molecular flexibility index (Phi) is 5.61. The van der Waals surface area contributed by atoms with E-state index in [0.29, 0.717) is 38.8 Å². The van der Waals surface area contributed by atoms with Gasteiger partial charge < -0.3 is 4.98 Å². The molecular weight excluding hydrogens is 516 g/mol. The number of hydrogen-bond acceptors (Lipinski definition) is 8. The van der Waals surface area contributed by atoms with E-state index < -0.39 is 21.7 Å². The van der Waals surface area contributed by atoms with E-state index in [0.717, 1.165) is 6.26 Å². The number of H-pyrrole nitrogens is 2. The van der Waals surface area contributed by atoms with Crippen LogP contribution in [0, 0.1) is 11.6 Å². The summed E-state index contributed by atoms with van der Waals surface area (Å²) in [5.41, 5.74) is 3.38. The molecule has 0 spiro atoms. The summed E-state index contributed by atoms with van der Waals surface area (Å²) in [4.78, 5) is 24.0. The maximum absolute atomic E-state index is 15.7. The van der Waals surface area contributed by atoms with E-state index in [1.165, 1.54) is 43.2 Å². The molecule has 0 radical (unpaired) electrons. The van der Waals surface area contributed by atoms with Gasteiger partial charge in [-0.3, -0.25) is 15.1 Å². The van der Waals surface area contributed by atoms with Gasteiger partial charge in [-0.1, -0.05) is 0 Å². The van der Waals surface area contributed by atoms with Crippen molar-refractivity contribution in [2.24, 2.45) is 0 Å². The molecule has 0 saturated carbocycles. The van der Waals surface area contributed by atoms with Crippen LogP contribution in [0.1, 0.15) is 5.56 Å². The van der Waals surface area contributed by atoms with Crippen LogP contribution in [0.3, 0.4) is 0 Å². The molecule has 0 aliphatic carbocycles. The third kappa shape index (κ3) is 4.35. The zero-order valence-corrected chi connectivity index (χ0v) is 20.4. The molecule has 1 aromatic carbocycles. The molecule has 11 nitrogen and oxygen atoms in total. The minimum atomic E-state index is -3.47. The van der Waals surface area contributed by atoms with Gasteiger partial charge in [0.2, 0.25) is 10.0 Å². The fraction of sp³-hybridized carbons (Fsp3) is 0.0833. The van der Waals surface area contributed by atoms with E-state index in [2.05, 4.69) is 44.8 Å². The molecule has 190 valence electrons. The van der Waals surface area contributed by atoms with Gasteiger partial charge in [-0.2, -0.15) is 5.10 Å². The van der Waals surface area contributed by atoms with Crippen LogP contribution in [-0.4, -0.2) is 54.8 Å². The molecule has 0 saturated heterocycles. The molecular formula is C24H17F2N9O2S. The van der Waals surface area contributed by atoms with Crippen LogP contribution in [0.15, 0.2) is 55.5 Å². The van der Waals surface area contributed by atoms with Crippen molar-refractivity contribution < 1.29 is 17.2 Å². The number of aromatic nitrogens is 8. The maximum atomic E-state index is 15.7. The summed E-state index contributed by atoms with van der Waals surface area (Å²) in [5.74, 6) is -0.907. The number of sulfonamides is 1. The Morgan fingerprint density at radius 3 is 2.53 bits per heavy atom. The monoisotopic (exact) mass is 533 g/mol. The molecule has 3 N–H and O–H groups in total. The van der Waals surface area contributed by atoms with Crippen LogP contribution in [0.25, 0.3) is 55.8 Å². The molecule has 14 heteroatoms. The number of benzene rings is 1. The number of nitrogens with one attached hydrogen (secondary N) is 3. The second-order valence-electron chi connectivity index (χ2n) is 8.52. The smallest absolute Gasteiger partial charge is 0.209 e. The number of imidazole rings is 1. The van der Waals surface area contributed by atoms with Gasteiger partial charge in [0.05, 0.1) is 40.6 Å². The van der Waals surface area contributed by atoms with E-state index in [9.17, 15) is 12.8 Å². The van der Waals surface area contributed by atoms with Gasteiger partial charge in [0.15, 0.2) is 11.6 Å². The van der Waals surface area contributed by atoms with Crippen molar-refractivity contribution in [1.82, 2.24) is 44.8 Å². The first kappa shape index (κ1) is 23.7. The number of aromatic amines is 2. The number of hydrogen-bond donors (Lipinski definition) is 3. The van der Waals surface area contributed by atoms with Crippen molar-refractivity contribution in [3.05, 3.63) is 72.7 Å². The summed E-state index contributed by atoms with van der Waals surface area (Å²) in [6.07, 6.45) is 9.82. The van der Waals surface area contributed by atoms with Crippen LogP contribution in [0.5, 0.6) is 0 Å². The third-order valence-corrected chi connectivity index (χ3v) is 6.47. The predicted molar refractivity (Wildman–Crippen MR) is 135 cm³/mol. The molecule has 0 bridgehead atoms. The highest BCUT2D eigenvalue weighted by molar-refractivity contribution is 7.88. The number of pyridine rings is 2. The quantitative estimate of drug-likeness (QED) is 0.294. The van der Waals surface area contributed by atoms with Gasteiger partial charge in [-0.15, -0.1) is 0 Å². The van der Waals surface area contributed by atoms with Crippen LogP contribution in [0.4, 0.5) is 8.78 Å². The van der Waals surface area contributed by atoms with E-state index in [1.54, 1.807) is 12.3 Å². The molecule has 6 aromatic rings. The summed E-state index contributed by atoms with van der Waals surface area (Å²) < 4.78 is 55.4. The van der Waals surface area contributed by atoms with Crippen LogP contribution in [-0.2, 0) is 16.6 Å². The molecule has 0 unspecified atom stereocenters. The zero-order chi connectivity index (χ0) is 26.4. The first-order chi connectivity index (χ1) is 18.3. The lowest BCUT2D eigenvalue weighted by atomic mass is 10.0. The number of fused-ring (bicyclic) bond motifs is 2. The first-order valence-corrected chi connectivity index (χ1v) is 13.0. The van der Waals surface area contributed by atoms with Crippen LogP contribution < -0.4 is 4.72 Å². The van der Waals surface area contributed by atoms with Crippen molar-refractivity contribution in [2.75, 3.05) is 6.26 Å². The topological polar surface area (TPSA) is 155 Å². The first-order valence-electron chi connectivity index (χ1n) is 11.1. The Balaban J connectivity index is 1.46. The summed E-state index contributed by atoms with van der Waals surface area (Å²) >= 11 is 0. The van der Waals surface area contributed by atoms with E-state index in [-0.39, 0.29) is 29.1 Å². The van der Waals surface area contributed by atoms with E-state index in [1.807, 2.05) is 0 Å². The largest absolute Gasteiger partial charge is 0.335 e. The minimum absolute atomic E-state index is 0.0641. The molecule has 0 aliphatic rings. The molecule has 0 atom stereocenters. The van der Waals surface area contributed by atoms with E-state index in [4.69, 9.17) is 0 Å². The predicted octanol–water partition coefficient (Wildman–Crippen LogP) is 3.35. The van der Waals surface area contributed by atoms with Crippen molar-refractivity contribution >= 4 is 32.0 Å². The summed E-state index contributed by atoms with van der Waals surface area (Å²) in [5, 5.41) is 7.21. The maximum Gasteiger partial charge on any atom is 0.209 e. The van der Waals surface area contributed by atoms with Crippen molar-refractivity contribution in [3.8, 4) is 33.9 Å². The van der Waals surface area contributed by atoms with Crippen molar-refractivity contribution in [2.45, 2.75) is 6.54 Å². The van der Waals surface area contributed by atoms with E-state index >= 15 is 4.39 Å². The Morgan fingerprint density at radius 1 is 0.921 bits per heavy atom. The molecule has 0 aliphatic heterocycles. The Labute approximate surface area is 213 Å². The molecule has 5 heterocycles. The Hall–Kier alpha value is -4.69. The second-order valence-corrected chi connectivity index (χ2v) is 10.4. The number of rotatable bonds is 6. The SMILES string of the molecule is CS(=O)(=O)NCc1cc(F)cc(-c2cncc3[nH]c(-c4n[nH]c5cnc(-c6cncnc6)c(F)c45)nc23)c1. The minimum Gasteiger partial charge on any atom is -0.335 e. The van der Waals surface area contributed by atoms with Gasteiger partial charge >= 0.3 is 0 Å². The lowest BCUT2D eigenvalue weighted by Gasteiger charge is -2.07. The third-order valence-electron chi connectivity index (χ3n) is 5.80. The van der Waals surface area contributed by atoms with Crippen LogP contribution in [0.2, 0.25) is 0 Å². The number of nitrogens with zero attached hydrogens (tertiary/aromatic N) is 6. The lowest BCUT2D eigenvalue weighted by molar-refractivity contribution is 0.586.